The van der Waals surface area contributed by atoms with Crippen molar-refractivity contribution in [2.45, 2.75) is 69.2 Å². The average molecular weight is 239 g/mol. The Labute approximate surface area is 104 Å². The minimum absolute atomic E-state index is 0.507. The van der Waals surface area contributed by atoms with E-state index in [-0.39, 0.29) is 0 Å². The Morgan fingerprint density at radius 1 is 1.00 bits per heavy atom. The van der Waals surface area contributed by atoms with Crippen molar-refractivity contribution in [3.8, 4) is 0 Å². The topological polar surface area (TPSA) is 30.5 Å². The van der Waals surface area contributed by atoms with Gasteiger partial charge < -0.3 is 14.8 Å². The number of ether oxygens (including phenoxy) is 2. The molecular formula is C14H25NO2. The summed E-state index contributed by atoms with van der Waals surface area (Å²) in [5.74, 6) is 0.866. The van der Waals surface area contributed by atoms with E-state index in [0.717, 1.165) is 12.5 Å². The molecule has 2 atom stereocenters. The van der Waals surface area contributed by atoms with E-state index >= 15 is 0 Å². The van der Waals surface area contributed by atoms with Gasteiger partial charge in [0, 0.05) is 25.8 Å². The molecule has 1 heterocycles. The number of hydrogen-bond donors (Lipinski definition) is 1. The van der Waals surface area contributed by atoms with Gasteiger partial charge in [0.2, 0.25) is 0 Å². The van der Waals surface area contributed by atoms with Crippen LogP contribution in [0.25, 0.3) is 0 Å². The normalized spacial score (nSPS) is 42.9. The molecule has 0 aromatic carbocycles. The summed E-state index contributed by atoms with van der Waals surface area (Å²) in [5.41, 5.74) is 0. The van der Waals surface area contributed by atoms with Gasteiger partial charge in [-0.2, -0.15) is 0 Å². The van der Waals surface area contributed by atoms with Crippen LogP contribution < -0.4 is 5.32 Å². The van der Waals surface area contributed by atoms with Crippen LogP contribution in [0.4, 0.5) is 0 Å². The third-order valence-corrected chi connectivity index (χ3v) is 4.68. The van der Waals surface area contributed by atoms with Crippen molar-refractivity contribution in [3.63, 3.8) is 0 Å². The molecule has 0 radical (unpaired) electrons. The summed E-state index contributed by atoms with van der Waals surface area (Å²) < 4.78 is 11.3. The fourth-order valence-electron chi connectivity index (χ4n) is 3.45. The van der Waals surface area contributed by atoms with Gasteiger partial charge in [-0.3, -0.25) is 0 Å². The molecular weight excluding hydrogens is 214 g/mol. The molecule has 0 amide bonds. The molecule has 0 bridgehead atoms. The zero-order chi connectivity index (χ0) is 11.7. The Hall–Kier alpha value is -0.120. The lowest BCUT2D eigenvalue weighted by atomic mass is 9.91. The van der Waals surface area contributed by atoms with Crippen molar-refractivity contribution < 1.29 is 9.47 Å². The van der Waals surface area contributed by atoms with Crippen molar-refractivity contribution in [3.05, 3.63) is 0 Å². The van der Waals surface area contributed by atoms with Gasteiger partial charge in [0.05, 0.1) is 12.2 Å². The molecule has 17 heavy (non-hydrogen) atoms. The molecule has 2 aliphatic carbocycles. The summed E-state index contributed by atoms with van der Waals surface area (Å²) in [6.07, 6.45) is 10.00. The zero-order valence-corrected chi connectivity index (χ0v) is 10.9. The van der Waals surface area contributed by atoms with Gasteiger partial charge in [0.15, 0.2) is 0 Å². The van der Waals surface area contributed by atoms with Crippen LogP contribution in [-0.2, 0) is 9.47 Å². The summed E-state index contributed by atoms with van der Waals surface area (Å²) in [6.45, 7) is 0.965. The fourth-order valence-corrected chi connectivity index (χ4v) is 3.45. The first-order valence-corrected chi connectivity index (χ1v) is 7.27. The van der Waals surface area contributed by atoms with Gasteiger partial charge in [0.25, 0.3) is 0 Å². The first kappa shape index (κ1) is 11.9. The van der Waals surface area contributed by atoms with Gasteiger partial charge in [-0.15, -0.1) is 0 Å². The Kier molecular flexibility index (Phi) is 3.69. The summed E-state index contributed by atoms with van der Waals surface area (Å²) in [5, 5.41) is 3.85. The molecule has 0 aromatic heterocycles. The molecule has 1 aliphatic heterocycles. The maximum atomic E-state index is 5.89. The lowest BCUT2D eigenvalue weighted by Gasteiger charge is -2.32. The highest BCUT2D eigenvalue weighted by Crippen LogP contribution is 2.39. The Balaban J connectivity index is 1.46. The lowest BCUT2D eigenvalue weighted by molar-refractivity contribution is 0.0532. The highest BCUT2D eigenvalue weighted by Gasteiger charge is 2.41. The van der Waals surface area contributed by atoms with E-state index in [9.17, 15) is 0 Å². The largest absolute Gasteiger partial charge is 0.381 e. The van der Waals surface area contributed by atoms with Crippen molar-refractivity contribution >= 4 is 0 Å². The van der Waals surface area contributed by atoms with Crippen LogP contribution in [0.15, 0.2) is 0 Å². The smallest absolute Gasteiger partial charge is 0.0757 e. The first-order valence-electron chi connectivity index (χ1n) is 7.27. The van der Waals surface area contributed by atoms with Crippen LogP contribution in [0.2, 0.25) is 0 Å². The van der Waals surface area contributed by atoms with Gasteiger partial charge in [0.1, 0.15) is 0 Å². The molecule has 1 saturated heterocycles. The predicted octanol–water partition coefficient (Wildman–Crippen LogP) is 2.10. The zero-order valence-electron chi connectivity index (χ0n) is 10.9. The second kappa shape index (κ2) is 5.25. The van der Waals surface area contributed by atoms with Crippen LogP contribution in [0, 0.1) is 5.92 Å². The monoisotopic (exact) mass is 239 g/mol. The molecule has 3 heteroatoms. The molecule has 98 valence electrons. The molecule has 0 spiro atoms. The van der Waals surface area contributed by atoms with Crippen LogP contribution in [-0.4, -0.2) is 38.0 Å². The quantitative estimate of drug-likeness (QED) is 0.815. The number of nitrogens with one attached hydrogen (secondary N) is 1. The number of hydrogen-bond acceptors (Lipinski definition) is 3. The van der Waals surface area contributed by atoms with Crippen LogP contribution >= 0.6 is 0 Å². The SMILES string of the molecule is COC1CCC(NC2CCOC2C2CC2)CC1. The lowest BCUT2D eigenvalue weighted by Crippen LogP contribution is -2.45. The van der Waals surface area contributed by atoms with Crippen molar-refractivity contribution in [1.29, 1.82) is 0 Å². The molecule has 2 saturated carbocycles. The van der Waals surface area contributed by atoms with Crippen molar-refractivity contribution in [1.82, 2.24) is 5.32 Å². The van der Waals surface area contributed by atoms with E-state index in [1.165, 1.54) is 44.9 Å². The number of rotatable bonds is 4. The molecule has 3 nitrogen and oxygen atoms in total. The van der Waals surface area contributed by atoms with Crippen LogP contribution in [0.1, 0.15) is 44.9 Å². The maximum absolute atomic E-state index is 5.89. The second-order valence-electron chi connectivity index (χ2n) is 5.94. The number of methoxy groups -OCH3 is 1. The van der Waals surface area contributed by atoms with E-state index in [1.807, 2.05) is 7.11 Å². The summed E-state index contributed by atoms with van der Waals surface area (Å²) in [6, 6.07) is 1.33. The molecule has 1 N–H and O–H groups in total. The van der Waals surface area contributed by atoms with Gasteiger partial charge in [-0.05, 0) is 50.9 Å². The van der Waals surface area contributed by atoms with Crippen molar-refractivity contribution in [2.24, 2.45) is 5.92 Å². The second-order valence-corrected chi connectivity index (χ2v) is 5.94. The highest BCUT2D eigenvalue weighted by atomic mass is 16.5. The Bertz CT molecular complexity index is 247. The summed E-state index contributed by atoms with van der Waals surface area (Å²) in [7, 11) is 1.84. The Morgan fingerprint density at radius 2 is 1.76 bits per heavy atom. The van der Waals surface area contributed by atoms with Gasteiger partial charge in [-0.25, -0.2) is 0 Å². The Morgan fingerprint density at radius 3 is 2.41 bits per heavy atom. The summed E-state index contributed by atoms with van der Waals surface area (Å²) in [4.78, 5) is 0. The third-order valence-electron chi connectivity index (χ3n) is 4.68. The predicted molar refractivity (Wildman–Crippen MR) is 67.1 cm³/mol. The molecule has 3 aliphatic rings. The van der Waals surface area contributed by atoms with E-state index in [1.54, 1.807) is 0 Å². The van der Waals surface area contributed by atoms with Gasteiger partial charge >= 0.3 is 0 Å². The standard InChI is InChI=1S/C14H25NO2/c1-16-12-6-4-11(5-7-12)15-13-8-9-17-14(13)10-2-3-10/h10-15H,2-9H2,1H3. The van der Waals surface area contributed by atoms with E-state index in [4.69, 9.17) is 9.47 Å². The molecule has 0 aromatic rings. The van der Waals surface area contributed by atoms with Crippen LogP contribution in [0.3, 0.4) is 0 Å². The van der Waals surface area contributed by atoms with Crippen LogP contribution in [0.5, 0.6) is 0 Å². The fraction of sp³-hybridized carbons (Fsp3) is 1.00. The third kappa shape index (κ3) is 2.83. The molecule has 3 fully saturated rings. The van der Waals surface area contributed by atoms with E-state index < -0.39 is 0 Å². The highest BCUT2D eigenvalue weighted by molar-refractivity contribution is 4.95. The van der Waals surface area contributed by atoms with E-state index in [2.05, 4.69) is 5.32 Å². The maximum Gasteiger partial charge on any atom is 0.0757 e. The van der Waals surface area contributed by atoms with Crippen molar-refractivity contribution in [2.75, 3.05) is 13.7 Å². The minimum atomic E-state index is 0.507. The molecule has 3 rings (SSSR count). The minimum Gasteiger partial charge on any atom is -0.381 e. The average Bonchev–Trinajstić information content (AvgIpc) is 3.11. The van der Waals surface area contributed by atoms with E-state index in [0.29, 0.717) is 24.3 Å². The summed E-state index contributed by atoms with van der Waals surface area (Å²) >= 11 is 0. The van der Waals surface area contributed by atoms with Gasteiger partial charge in [-0.1, -0.05) is 0 Å². The molecule has 2 unspecified atom stereocenters. The first-order chi connectivity index (χ1) is 8.36.